The molecule has 3 aromatic rings. The van der Waals surface area contributed by atoms with Gasteiger partial charge in [0, 0.05) is 5.02 Å². The molecule has 23 heavy (non-hydrogen) atoms. The highest BCUT2D eigenvalue weighted by atomic mass is 35.5. The van der Waals surface area contributed by atoms with Gasteiger partial charge in [0.1, 0.15) is 5.75 Å². The zero-order chi connectivity index (χ0) is 16.4. The molecule has 6 heteroatoms. The van der Waals surface area contributed by atoms with Gasteiger partial charge in [-0.1, -0.05) is 41.1 Å². The van der Waals surface area contributed by atoms with Gasteiger partial charge < -0.3 is 9.15 Å². The lowest BCUT2D eigenvalue weighted by Gasteiger charge is -2.05. The van der Waals surface area contributed by atoms with E-state index in [1.165, 1.54) is 13.2 Å². The van der Waals surface area contributed by atoms with Crippen LogP contribution in [0.1, 0.15) is 15.9 Å². The van der Waals surface area contributed by atoms with Crippen LogP contribution >= 0.6 is 22.9 Å². The molecule has 4 nitrogen and oxygen atoms in total. The Morgan fingerprint density at radius 2 is 2.13 bits per heavy atom. The first-order valence-electron chi connectivity index (χ1n) is 6.67. The van der Waals surface area contributed by atoms with E-state index in [0.29, 0.717) is 26.6 Å². The van der Waals surface area contributed by atoms with Crippen molar-refractivity contribution in [2.75, 3.05) is 7.11 Å². The Balaban J connectivity index is 2.04. The van der Waals surface area contributed by atoms with Gasteiger partial charge >= 0.3 is 4.94 Å². The second-order valence-corrected chi connectivity index (χ2v) is 6.06. The maximum absolute atomic E-state index is 12.6. The minimum absolute atomic E-state index is 0.274. The molecule has 1 aromatic heterocycles. The van der Waals surface area contributed by atoms with Gasteiger partial charge in [-0.25, -0.2) is 4.79 Å². The molecule has 3 rings (SSSR count). The van der Waals surface area contributed by atoms with Gasteiger partial charge in [-0.15, -0.1) is 0 Å². The zero-order valence-corrected chi connectivity index (χ0v) is 13.6. The van der Waals surface area contributed by atoms with Crippen molar-refractivity contribution in [3.8, 4) is 5.75 Å². The van der Waals surface area contributed by atoms with Crippen LogP contribution in [-0.4, -0.2) is 12.9 Å². The molecule has 1 heterocycles. The second kappa shape index (κ2) is 6.40. The van der Waals surface area contributed by atoms with Crippen molar-refractivity contribution in [2.45, 2.75) is 0 Å². The van der Waals surface area contributed by atoms with Crippen molar-refractivity contribution in [2.24, 2.45) is 0 Å². The van der Waals surface area contributed by atoms with Gasteiger partial charge in [0.2, 0.25) is 0 Å². The van der Waals surface area contributed by atoms with Crippen LogP contribution in [0.15, 0.2) is 51.7 Å². The van der Waals surface area contributed by atoms with E-state index in [4.69, 9.17) is 20.8 Å². The fourth-order valence-corrected chi connectivity index (χ4v) is 3.20. The molecule has 0 radical (unpaired) electrons. The molecule has 2 aromatic carbocycles. The standard InChI is InChI=1S/C17H11ClO4S/c1-21-13-7-8-14-16(23-17(20)22-14)15(13)12(19)6-5-10-3-2-4-11(18)9-10/h2-9H,1H3/b6-5+. The van der Waals surface area contributed by atoms with Crippen LogP contribution in [0.5, 0.6) is 5.75 Å². The molecule has 0 fully saturated rings. The molecule has 116 valence electrons. The minimum atomic E-state index is -0.457. The number of allylic oxidation sites excluding steroid dienone is 1. The van der Waals surface area contributed by atoms with Crippen LogP contribution in [0, 0.1) is 0 Å². The third-order valence-electron chi connectivity index (χ3n) is 3.20. The summed E-state index contributed by atoms with van der Waals surface area (Å²) in [5.41, 5.74) is 1.50. The predicted molar refractivity (Wildman–Crippen MR) is 91.7 cm³/mol. The summed E-state index contributed by atoms with van der Waals surface area (Å²) in [4.78, 5) is 23.6. The molecule has 0 aliphatic carbocycles. The average Bonchev–Trinajstić information content (AvgIpc) is 2.91. The zero-order valence-electron chi connectivity index (χ0n) is 12.0. The number of benzene rings is 2. The molecule has 0 aliphatic rings. The van der Waals surface area contributed by atoms with E-state index in [1.54, 1.807) is 36.4 Å². The lowest BCUT2D eigenvalue weighted by molar-refractivity contribution is 0.104. The lowest BCUT2D eigenvalue weighted by atomic mass is 10.1. The van der Waals surface area contributed by atoms with Crippen LogP contribution < -0.4 is 9.68 Å². The molecule has 0 saturated carbocycles. The SMILES string of the molecule is COc1ccc2oc(=O)sc2c1C(=O)/C=C/c1cccc(Cl)c1. The largest absolute Gasteiger partial charge is 0.496 e. The highest BCUT2D eigenvalue weighted by Crippen LogP contribution is 2.30. The summed E-state index contributed by atoms with van der Waals surface area (Å²) in [5.74, 6) is 0.125. The van der Waals surface area contributed by atoms with Gasteiger partial charge in [-0.2, -0.15) is 0 Å². The smallest absolute Gasteiger partial charge is 0.396 e. The number of methoxy groups -OCH3 is 1. The summed E-state index contributed by atoms with van der Waals surface area (Å²) in [6.07, 6.45) is 3.09. The van der Waals surface area contributed by atoms with Gasteiger partial charge in [0.05, 0.1) is 17.4 Å². The van der Waals surface area contributed by atoms with Gasteiger partial charge in [-0.05, 0) is 35.9 Å². The Bertz CT molecular complexity index is 968. The van der Waals surface area contributed by atoms with Crippen molar-refractivity contribution in [1.82, 2.24) is 0 Å². The van der Waals surface area contributed by atoms with E-state index in [1.807, 2.05) is 6.07 Å². The second-order valence-electron chi connectivity index (χ2n) is 4.68. The van der Waals surface area contributed by atoms with Gasteiger partial charge in [-0.3, -0.25) is 4.79 Å². The number of halogens is 1. The topological polar surface area (TPSA) is 56.5 Å². The Kier molecular flexibility index (Phi) is 4.32. The molecule has 0 N–H and O–H groups in total. The Morgan fingerprint density at radius 1 is 1.30 bits per heavy atom. The highest BCUT2D eigenvalue weighted by Gasteiger charge is 2.18. The van der Waals surface area contributed by atoms with E-state index >= 15 is 0 Å². The van der Waals surface area contributed by atoms with E-state index in [9.17, 15) is 9.59 Å². The van der Waals surface area contributed by atoms with Crippen molar-refractivity contribution >= 4 is 45.1 Å². The van der Waals surface area contributed by atoms with E-state index in [2.05, 4.69) is 0 Å². The summed E-state index contributed by atoms with van der Waals surface area (Å²) in [6, 6.07) is 10.4. The third kappa shape index (κ3) is 3.21. The Hall–Kier alpha value is -2.37. The first kappa shape index (κ1) is 15.5. The third-order valence-corrected chi connectivity index (χ3v) is 4.30. The maximum Gasteiger partial charge on any atom is 0.396 e. The van der Waals surface area contributed by atoms with Crippen LogP contribution in [0.2, 0.25) is 5.02 Å². The van der Waals surface area contributed by atoms with Gasteiger partial charge in [0.15, 0.2) is 11.4 Å². The highest BCUT2D eigenvalue weighted by molar-refractivity contribution is 7.16. The fraction of sp³-hybridized carbons (Fsp3) is 0.0588. The van der Waals surface area contributed by atoms with Crippen molar-refractivity contribution < 1.29 is 13.9 Å². The van der Waals surface area contributed by atoms with Crippen molar-refractivity contribution in [3.05, 3.63) is 68.4 Å². The predicted octanol–water partition coefficient (Wildman–Crippen LogP) is 4.41. The first-order valence-corrected chi connectivity index (χ1v) is 7.86. The van der Waals surface area contributed by atoms with Crippen molar-refractivity contribution in [3.63, 3.8) is 0 Å². The van der Waals surface area contributed by atoms with Crippen LogP contribution in [-0.2, 0) is 0 Å². The molecular weight excluding hydrogens is 336 g/mol. The summed E-state index contributed by atoms with van der Waals surface area (Å²) in [5, 5.41) is 0.590. The molecule has 0 aliphatic heterocycles. The van der Waals surface area contributed by atoms with E-state index in [-0.39, 0.29) is 5.78 Å². The summed E-state index contributed by atoms with van der Waals surface area (Å²) >= 11 is 6.80. The van der Waals surface area contributed by atoms with Crippen LogP contribution in [0.25, 0.3) is 16.4 Å². The average molecular weight is 347 g/mol. The molecule has 0 spiro atoms. The summed E-state index contributed by atoms with van der Waals surface area (Å²) in [7, 11) is 1.47. The van der Waals surface area contributed by atoms with Crippen molar-refractivity contribution in [1.29, 1.82) is 0 Å². The number of carbonyl (C=O) groups excluding carboxylic acids is 1. The number of carbonyl (C=O) groups is 1. The maximum atomic E-state index is 12.6. The van der Waals surface area contributed by atoms with Crippen LogP contribution in [0.3, 0.4) is 0 Å². The number of ether oxygens (including phenoxy) is 1. The first-order chi connectivity index (χ1) is 11.1. The quantitative estimate of drug-likeness (QED) is 0.518. The normalized spacial score (nSPS) is 11.2. The summed E-state index contributed by atoms with van der Waals surface area (Å²) in [6.45, 7) is 0. The van der Waals surface area contributed by atoms with Crippen LogP contribution in [0.4, 0.5) is 0 Å². The number of hydrogen-bond acceptors (Lipinski definition) is 5. The van der Waals surface area contributed by atoms with E-state index in [0.717, 1.165) is 16.9 Å². The fourth-order valence-electron chi connectivity index (χ4n) is 2.19. The Morgan fingerprint density at radius 3 is 2.87 bits per heavy atom. The number of ketones is 1. The minimum Gasteiger partial charge on any atom is -0.496 e. The molecule has 0 saturated heterocycles. The number of rotatable bonds is 4. The lowest BCUT2D eigenvalue weighted by Crippen LogP contribution is -1.99. The molecule has 0 unspecified atom stereocenters. The molecule has 0 bridgehead atoms. The molecular formula is C17H11ClO4S. The van der Waals surface area contributed by atoms with E-state index < -0.39 is 4.94 Å². The monoisotopic (exact) mass is 346 g/mol. The molecule has 0 amide bonds. The molecule has 0 atom stereocenters. The number of hydrogen-bond donors (Lipinski definition) is 0. The number of fused-ring (bicyclic) bond motifs is 1. The summed E-state index contributed by atoms with van der Waals surface area (Å²) < 4.78 is 10.8. The van der Waals surface area contributed by atoms with Gasteiger partial charge in [0.25, 0.3) is 0 Å². The Labute approximate surface area is 140 Å².